The Balaban J connectivity index is 1.55. The van der Waals surface area contributed by atoms with Crippen LogP contribution in [0, 0.1) is 0 Å². The maximum atomic E-state index is 13.3. The van der Waals surface area contributed by atoms with Crippen LogP contribution in [0.15, 0.2) is 42.5 Å². The van der Waals surface area contributed by atoms with Crippen molar-refractivity contribution in [1.82, 2.24) is 19.5 Å². The first-order valence-corrected chi connectivity index (χ1v) is 8.90. The molecule has 2 N–H and O–H groups in total. The fourth-order valence-corrected chi connectivity index (χ4v) is 3.37. The number of nitrogens with zero attached hydrogens (tertiary/aromatic N) is 4. The fraction of sp³-hybridized carbons (Fsp3) is 0.316. The quantitative estimate of drug-likeness (QED) is 0.736. The number of benzene rings is 1. The third-order valence-corrected chi connectivity index (χ3v) is 4.75. The predicted octanol–water partition coefficient (Wildman–Crippen LogP) is 3.42. The minimum atomic E-state index is -1.20. The van der Waals surface area contributed by atoms with Crippen molar-refractivity contribution in [3.8, 4) is 11.3 Å². The third kappa shape index (κ3) is 3.90. The second-order valence-corrected chi connectivity index (χ2v) is 6.69. The topological polar surface area (TPSA) is 82.8 Å². The Hall–Kier alpha value is -3.00. The Labute approximate surface area is 155 Å². The van der Waals surface area contributed by atoms with E-state index < -0.39 is 12.3 Å². The molecule has 0 bridgehead atoms. The molecule has 8 heteroatoms. The summed E-state index contributed by atoms with van der Waals surface area (Å²) in [5, 5.41) is 15.2. The number of halogens is 1. The molecule has 1 aromatic carbocycles. The molecule has 1 aliphatic rings. The number of fused-ring (bicyclic) bond motifs is 1. The lowest BCUT2D eigenvalue weighted by Gasteiger charge is -2.28. The Morgan fingerprint density at radius 2 is 1.93 bits per heavy atom. The molecule has 0 atom stereocenters. The van der Waals surface area contributed by atoms with Crippen molar-refractivity contribution in [3.63, 3.8) is 0 Å². The van der Waals surface area contributed by atoms with E-state index >= 15 is 0 Å². The van der Waals surface area contributed by atoms with Crippen LogP contribution in [-0.4, -0.2) is 50.0 Å². The molecule has 0 radical (unpaired) electrons. The highest BCUT2D eigenvalue weighted by molar-refractivity contribution is 5.80. The molecular weight excluding hydrogens is 349 g/mol. The van der Waals surface area contributed by atoms with Crippen LogP contribution in [0.4, 0.5) is 15.1 Å². The predicted molar refractivity (Wildman–Crippen MR) is 99.5 cm³/mol. The summed E-state index contributed by atoms with van der Waals surface area (Å²) in [6.07, 6.45) is -0.640. The lowest BCUT2D eigenvalue weighted by Crippen LogP contribution is -2.33. The summed E-state index contributed by atoms with van der Waals surface area (Å²) in [5.74, 6) is 0.0443. The molecule has 1 amide bonds. The molecule has 3 aromatic rings. The van der Waals surface area contributed by atoms with Gasteiger partial charge >= 0.3 is 6.09 Å². The van der Waals surface area contributed by atoms with Gasteiger partial charge < -0.3 is 5.11 Å². The summed E-state index contributed by atoms with van der Waals surface area (Å²) in [5.41, 5.74) is 3.52. The van der Waals surface area contributed by atoms with Crippen molar-refractivity contribution in [2.45, 2.75) is 25.6 Å². The lowest BCUT2D eigenvalue weighted by molar-refractivity contribution is 0.145. The molecule has 0 unspecified atom stereocenters. The Kier molecular flexibility index (Phi) is 4.72. The first kappa shape index (κ1) is 17.4. The van der Waals surface area contributed by atoms with Gasteiger partial charge in [0, 0.05) is 25.2 Å². The zero-order chi connectivity index (χ0) is 18.8. The molecule has 3 heterocycles. The van der Waals surface area contributed by atoms with Crippen LogP contribution in [0.25, 0.3) is 16.9 Å². The molecule has 0 aliphatic carbocycles. The van der Waals surface area contributed by atoms with Gasteiger partial charge in [0.1, 0.15) is 6.17 Å². The number of aromatic nitrogens is 3. The maximum Gasteiger partial charge on any atom is 0.411 e. The molecule has 0 spiro atoms. The number of likely N-dealkylation sites (tertiary alicyclic amines) is 1. The number of carboxylic acid groups (broad SMARTS) is 1. The van der Waals surface area contributed by atoms with Crippen molar-refractivity contribution in [3.05, 3.63) is 48.0 Å². The van der Waals surface area contributed by atoms with Gasteiger partial charge in [-0.1, -0.05) is 30.3 Å². The van der Waals surface area contributed by atoms with E-state index in [4.69, 9.17) is 5.11 Å². The van der Waals surface area contributed by atoms with Gasteiger partial charge in [0.25, 0.3) is 5.95 Å². The highest BCUT2D eigenvalue weighted by Crippen LogP contribution is 2.23. The van der Waals surface area contributed by atoms with Gasteiger partial charge in [-0.25, -0.2) is 13.7 Å². The Morgan fingerprint density at radius 3 is 2.63 bits per heavy atom. The summed E-state index contributed by atoms with van der Waals surface area (Å²) in [6, 6.07) is 13.7. The van der Waals surface area contributed by atoms with Crippen LogP contribution in [0.1, 0.15) is 18.4 Å². The van der Waals surface area contributed by atoms with Crippen LogP contribution in [0.2, 0.25) is 0 Å². The van der Waals surface area contributed by atoms with E-state index in [0.29, 0.717) is 18.5 Å². The number of carbonyl (C=O) groups is 1. The molecular formula is C19H20FN5O2. The van der Waals surface area contributed by atoms with E-state index in [1.807, 2.05) is 24.3 Å². The number of pyridine rings is 1. The summed E-state index contributed by atoms with van der Waals surface area (Å²) in [7, 11) is 0. The second kappa shape index (κ2) is 7.32. The van der Waals surface area contributed by atoms with Gasteiger partial charge in [0.15, 0.2) is 5.65 Å². The maximum absolute atomic E-state index is 13.3. The van der Waals surface area contributed by atoms with Crippen molar-refractivity contribution in [1.29, 1.82) is 0 Å². The van der Waals surface area contributed by atoms with Crippen molar-refractivity contribution in [2.75, 3.05) is 18.4 Å². The minimum Gasteiger partial charge on any atom is -0.465 e. The molecule has 27 heavy (non-hydrogen) atoms. The summed E-state index contributed by atoms with van der Waals surface area (Å²) >= 11 is 0. The van der Waals surface area contributed by atoms with E-state index in [0.717, 1.165) is 30.9 Å². The van der Waals surface area contributed by atoms with Gasteiger partial charge in [0.2, 0.25) is 0 Å². The summed E-state index contributed by atoms with van der Waals surface area (Å²) in [6.45, 7) is 2.40. The SMILES string of the molecule is O=C(O)Nc1nc2cccc(-c3ccc(CN4CCC(F)CC4)cc3)n2n1. The van der Waals surface area contributed by atoms with Crippen molar-refractivity contribution in [2.24, 2.45) is 0 Å². The summed E-state index contributed by atoms with van der Waals surface area (Å²) < 4.78 is 14.9. The van der Waals surface area contributed by atoms with Gasteiger partial charge in [0.05, 0.1) is 5.69 Å². The second-order valence-electron chi connectivity index (χ2n) is 6.69. The van der Waals surface area contributed by atoms with Crippen LogP contribution in [0.5, 0.6) is 0 Å². The third-order valence-electron chi connectivity index (χ3n) is 4.75. The number of rotatable bonds is 4. The zero-order valence-corrected chi connectivity index (χ0v) is 14.7. The lowest BCUT2D eigenvalue weighted by atomic mass is 10.1. The zero-order valence-electron chi connectivity index (χ0n) is 14.7. The van der Waals surface area contributed by atoms with Gasteiger partial charge in [-0.3, -0.25) is 10.2 Å². The van der Waals surface area contributed by atoms with E-state index in [-0.39, 0.29) is 5.95 Å². The van der Waals surface area contributed by atoms with E-state index in [1.165, 1.54) is 5.56 Å². The number of hydrogen-bond acceptors (Lipinski definition) is 4. The first-order valence-electron chi connectivity index (χ1n) is 8.90. The molecule has 4 rings (SSSR count). The van der Waals surface area contributed by atoms with E-state index in [1.54, 1.807) is 10.6 Å². The van der Waals surface area contributed by atoms with E-state index in [9.17, 15) is 9.18 Å². The molecule has 1 aliphatic heterocycles. The van der Waals surface area contributed by atoms with Crippen LogP contribution < -0.4 is 5.32 Å². The number of piperidine rings is 1. The van der Waals surface area contributed by atoms with Gasteiger partial charge in [-0.2, -0.15) is 4.98 Å². The molecule has 7 nitrogen and oxygen atoms in total. The smallest absolute Gasteiger partial charge is 0.411 e. The monoisotopic (exact) mass is 369 g/mol. The Bertz CT molecular complexity index is 948. The first-order chi connectivity index (χ1) is 13.1. The van der Waals surface area contributed by atoms with Crippen LogP contribution in [-0.2, 0) is 6.54 Å². The normalized spacial score (nSPS) is 15.9. The molecule has 2 aromatic heterocycles. The Morgan fingerprint density at radius 1 is 1.19 bits per heavy atom. The highest BCUT2D eigenvalue weighted by atomic mass is 19.1. The summed E-state index contributed by atoms with van der Waals surface area (Å²) in [4.78, 5) is 17.2. The molecule has 1 saturated heterocycles. The van der Waals surface area contributed by atoms with Crippen molar-refractivity contribution < 1.29 is 14.3 Å². The van der Waals surface area contributed by atoms with E-state index in [2.05, 4.69) is 32.4 Å². The number of alkyl halides is 1. The number of amides is 1. The van der Waals surface area contributed by atoms with Crippen LogP contribution >= 0.6 is 0 Å². The van der Waals surface area contributed by atoms with Gasteiger partial charge in [-0.05, 0) is 30.5 Å². The minimum absolute atomic E-state index is 0.0443. The highest BCUT2D eigenvalue weighted by Gasteiger charge is 2.18. The number of hydrogen-bond donors (Lipinski definition) is 2. The number of nitrogens with one attached hydrogen (secondary N) is 1. The molecule has 0 saturated carbocycles. The van der Waals surface area contributed by atoms with Crippen LogP contribution in [0.3, 0.4) is 0 Å². The molecule has 140 valence electrons. The number of anilines is 1. The molecule has 1 fully saturated rings. The standard InChI is InChI=1S/C19H20FN5O2/c20-15-8-10-24(11-9-15)12-13-4-6-14(7-5-13)16-2-1-3-17-21-18(22-19(26)27)23-25(16)17/h1-7,15H,8-12H2,(H,22,23)(H,26,27). The average Bonchev–Trinajstić information content (AvgIpc) is 3.06. The van der Waals surface area contributed by atoms with Crippen molar-refractivity contribution >= 4 is 17.7 Å². The van der Waals surface area contributed by atoms with Gasteiger partial charge in [-0.15, -0.1) is 5.10 Å². The fourth-order valence-electron chi connectivity index (χ4n) is 3.37. The average molecular weight is 369 g/mol. The largest absolute Gasteiger partial charge is 0.465 e.